The van der Waals surface area contributed by atoms with Crippen molar-refractivity contribution < 1.29 is 18.0 Å². The maximum atomic E-state index is 13.8. The first-order valence-corrected chi connectivity index (χ1v) is 13.7. The molecule has 0 aromatic heterocycles. The number of carbonyl (C=O) groups is 2. The zero-order chi connectivity index (χ0) is 26.6. The van der Waals surface area contributed by atoms with Crippen LogP contribution in [0.15, 0.2) is 42.5 Å². The lowest BCUT2D eigenvalue weighted by Gasteiger charge is -2.35. The first kappa shape index (κ1) is 28.4. The Labute approximate surface area is 210 Å². The molecule has 2 rings (SSSR count). The molecule has 0 aliphatic carbocycles. The second kappa shape index (κ2) is 11.2. The molecular formula is C27H39N3O4S. The van der Waals surface area contributed by atoms with Gasteiger partial charge in [0, 0.05) is 12.1 Å². The van der Waals surface area contributed by atoms with Crippen LogP contribution in [0.2, 0.25) is 0 Å². The predicted octanol–water partition coefficient (Wildman–Crippen LogP) is 4.10. The van der Waals surface area contributed by atoms with Gasteiger partial charge in [-0.05, 0) is 64.7 Å². The Morgan fingerprint density at radius 2 is 1.57 bits per heavy atom. The van der Waals surface area contributed by atoms with E-state index in [9.17, 15) is 18.0 Å². The molecule has 0 saturated carbocycles. The van der Waals surface area contributed by atoms with Crippen molar-refractivity contribution in [3.8, 4) is 0 Å². The Balaban J connectivity index is 2.52. The maximum absolute atomic E-state index is 13.8. The molecule has 1 atom stereocenters. The summed E-state index contributed by atoms with van der Waals surface area (Å²) in [6, 6.07) is 12.5. The third-order valence-electron chi connectivity index (χ3n) is 5.69. The molecule has 0 saturated heterocycles. The fraction of sp³-hybridized carbons (Fsp3) is 0.481. The lowest BCUT2D eigenvalue weighted by atomic mass is 10.0. The van der Waals surface area contributed by atoms with Crippen molar-refractivity contribution in [3.63, 3.8) is 0 Å². The highest BCUT2D eigenvalue weighted by molar-refractivity contribution is 7.92. The van der Waals surface area contributed by atoms with E-state index in [-0.39, 0.29) is 12.5 Å². The minimum atomic E-state index is -3.77. The minimum absolute atomic E-state index is 0.195. The molecule has 7 nitrogen and oxygen atoms in total. The molecule has 0 spiro atoms. The molecule has 0 unspecified atom stereocenters. The quantitative estimate of drug-likeness (QED) is 0.560. The number of benzene rings is 2. The van der Waals surface area contributed by atoms with Gasteiger partial charge < -0.3 is 10.2 Å². The van der Waals surface area contributed by atoms with Gasteiger partial charge in [0.1, 0.15) is 12.6 Å². The van der Waals surface area contributed by atoms with Crippen LogP contribution < -0.4 is 9.62 Å². The van der Waals surface area contributed by atoms with E-state index in [2.05, 4.69) is 5.32 Å². The summed E-state index contributed by atoms with van der Waals surface area (Å²) in [4.78, 5) is 28.5. The van der Waals surface area contributed by atoms with Crippen LogP contribution in [0.3, 0.4) is 0 Å². The lowest BCUT2D eigenvalue weighted by molar-refractivity contribution is -0.141. The Hall–Kier alpha value is -2.87. The van der Waals surface area contributed by atoms with Crippen molar-refractivity contribution in [1.29, 1.82) is 0 Å². The van der Waals surface area contributed by atoms with Crippen LogP contribution >= 0.6 is 0 Å². The molecule has 0 heterocycles. The highest BCUT2D eigenvalue weighted by Gasteiger charge is 2.33. The fourth-order valence-corrected chi connectivity index (χ4v) is 5.12. The zero-order valence-corrected chi connectivity index (χ0v) is 23.0. The highest BCUT2D eigenvalue weighted by atomic mass is 32.2. The third kappa shape index (κ3) is 7.82. The molecule has 0 aliphatic rings. The van der Waals surface area contributed by atoms with Crippen molar-refractivity contribution in [3.05, 3.63) is 64.7 Å². The third-order valence-corrected chi connectivity index (χ3v) is 6.80. The molecular weight excluding hydrogens is 462 g/mol. The molecule has 2 amide bonds. The lowest BCUT2D eigenvalue weighted by Crippen LogP contribution is -2.55. The standard InChI is InChI=1S/C27H39N3O4S/c1-9-23(26(32)28-27(5,6)7)29(17-22-15-10-12-19(2)16-22)24(31)18-30(35(8,33)34)25-20(3)13-11-14-21(25)4/h10-16,23H,9,17-18H2,1-8H3,(H,28,32)/t23-/m1/s1. The number of amides is 2. The smallest absolute Gasteiger partial charge is 0.244 e. The average Bonchev–Trinajstić information content (AvgIpc) is 2.70. The van der Waals surface area contributed by atoms with Crippen molar-refractivity contribution in [2.24, 2.45) is 0 Å². The zero-order valence-electron chi connectivity index (χ0n) is 22.2. The normalized spacial score (nSPS) is 12.7. The van der Waals surface area contributed by atoms with Gasteiger partial charge in [-0.3, -0.25) is 13.9 Å². The van der Waals surface area contributed by atoms with Gasteiger partial charge in [0.2, 0.25) is 21.8 Å². The van der Waals surface area contributed by atoms with Crippen LogP contribution in [-0.4, -0.2) is 49.5 Å². The number of hydrogen-bond donors (Lipinski definition) is 1. The summed E-state index contributed by atoms with van der Waals surface area (Å²) in [6.07, 6.45) is 1.49. The number of hydrogen-bond acceptors (Lipinski definition) is 4. The van der Waals surface area contributed by atoms with Crippen LogP contribution in [0, 0.1) is 20.8 Å². The van der Waals surface area contributed by atoms with E-state index in [0.717, 1.165) is 32.8 Å². The molecule has 0 fully saturated rings. The van der Waals surface area contributed by atoms with Crippen LogP contribution in [0.4, 0.5) is 5.69 Å². The van der Waals surface area contributed by atoms with E-state index < -0.39 is 34.1 Å². The summed E-state index contributed by atoms with van der Waals surface area (Å²) >= 11 is 0. The summed E-state index contributed by atoms with van der Waals surface area (Å²) in [7, 11) is -3.77. The number of rotatable bonds is 9. The molecule has 8 heteroatoms. The number of para-hydroxylation sites is 1. The Morgan fingerprint density at radius 3 is 2.06 bits per heavy atom. The summed E-state index contributed by atoms with van der Waals surface area (Å²) < 4.78 is 26.8. The second-order valence-corrected chi connectivity index (χ2v) is 12.1. The molecule has 35 heavy (non-hydrogen) atoms. The van der Waals surface area contributed by atoms with Crippen LogP contribution in [0.25, 0.3) is 0 Å². The SMILES string of the molecule is CC[C@H](C(=O)NC(C)(C)C)N(Cc1cccc(C)c1)C(=O)CN(c1c(C)cccc1C)S(C)(=O)=O. The molecule has 1 N–H and O–H groups in total. The van der Waals surface area contributed by atoms with Gasteiger partial charge in [-0.15, -0.1) is 0 Å². The van der Waals surface area contributed by atoms with Gasteiger partial charge in [-0.25, -0.2) is 8.42 Å². The summed E-state index contributed by atoms with van der Waals surface area (Å²) in [5.74, 6) is -0.700. The van der Waals surface area contributed by atoms with Gasteiger partial charge in [0.15, 0.2) is 0 Å². The van der Waals surface area contributed by atoms with Gasteiger partial charge in [0.25, 0.3) is 0 Å². The molecule has 0 bridgehead atoms. The number of nitrogens with zero attached hydrogens (tertiary/aromatic N) is 2. The average molecular weight is 502 g/mol. The van der Waals surface area contributed by atoms with E-state index in [1.54, 1.807) is 0 Å². The number of aryl methyl sites for hydroxylation is 3. The minimum Gasteiger partial charge on any atom is -0.350 e. The monoisotopic (exact) mass is 501 g/mol. The Bertz CT molecular complexity index is 1150. The number of sulfonamides is 1. The maximum Gasteiger partial charge on any atom is 0.244 e. The van der Waals surface area contributed by atoms with Crippen LogP contribution in [0.5, 0.6) is 0 Å². The number of nitrogens with one attached hydrogen (secondary N) is 1. The first-order chi connectivity index (χ1) is 16.1. The van der Waals surface area contributed by atoms with Crippen molar-refractivity contribution in [2.45, 2.75) is 73.0 Å². The van der Waals surface area contributed by atoms with E-state index in [0.29, 0.717) is 12.1 Å². The van der Waals surface area contributed by atoms with Crippen LogP contribution in [-0.2, 0) is 26.2 Å². The number of anilines is 1. The van der Waals surface area contributed by atoms with E-state index >= 15 is 0 Å². The second-order valence-electron chi connectivity index (χ2n) is 10.2. The highest BCUT2D eigenvalue weighted by Crippen LogP contribution is 2.27. The first-order valence-electron chi connectivity index (χ1n) is 11.8. The van der Waals surface area contributed by atoms with Crippen molar-refractivity contribution >= 4 is 27.5 Å². The molecule has 192 valence electrons. The molecule has 2 aromatic rings. The van der Waals surface area contributed by atoms with Crippen LogP contribution in [0.1, 0.15) is 56.4 Å². The topological polar surface area (TPSA) is 86.8 Å². The van der Waals surface area contributed by atoms with Crippen molar-refractivity contribution in [1.82, 2.24) is 10.2 Å². The number of carbonyl (C=O) groups excluding carboxylic acids is 2. The molecule has 0 radical (unpaired) electrons. The molecule has 2 aromatic carbocycles. The van der Waals surface area contributed by atoms with Gasteiger partial charge in [0.05, 0.1) is 11.9 Å². The predicted molar refractivity (Wildman–Crippen MR) is 142 cm³/mol. The largest absolute Gasteiger partial charge is 0.350 e. The Morgan fingerprint density at radius 1 is 1.00 bits per heavy atom. The van der Waals surface area contributed by atoms with E-state index in [1.807, 2.05) is 90.9 Å². The fourth-order valence-electron chi connectivity index (χ4n) is 4.15. The van der Waals surface area contributed by atoms with Crippen molar-refractivity contribution in [2.75, 3.05) is 17.1 Å². The van der Waals surface area contributed by atoms with Gasteiger partial charge in [-0.2, -0.15) is 0 Å². The van der Waals surface area contributed by atoms with E-state index in [4.69, 9.17) is 0 Å². The van der Waals surface area contributed by atoms with Gasteiger partial charge in [-0.1, -0.05) is 55.0 Å². The summed E-state index contributed by atoms with van der Waals surface area (Å²) in [5.41, 5.74) is 3.44. The molecule has 0 aliphatic heterocycles. The summed E-state index contributed by atoms with van der Waals surface area (Å²) in [5, 5.41) is 2.97. The van der Waals surface area contributed by atoms with E-state index in [1.165, 1.54) is 4.90 Å². The summed E-state index contributed by atoms with van der Waals surface area (Å²) in [6.45, 7) is 12.9. The van der Waals surface area contributed by atoms with Gasteiger partial charge >= 0.3 is 0 Å². The Kier molecular flexibility index (Phi) is 9.11.